The molecule has 0 N–H and O–H groups in total. The van der Waals surface area contributed by atoms with Gasteiger partial charge in [-0.25, -0.2) is 0 Å². The summed E-state index contributed by atoms with van der Waals surface area (Å²) in [5, 5.41) is 2.96. The lowest BCUT2D eigenvalue weighted by molar-refractivity contribution is 0.680. The van der Waals surface area contributed by atoms with Crippen LogP contribution in [-0.4, -0.2) is 26.3 Å². The molecule has 1 atom stereocenters. The van der Waals surface area contributed by atoms with Gasteiger partial charge in [-0.2, -0.15) is 0 Å². The van der Waals surface area contributed by atoms with Crippen molar-refractivity contribution in [3.05, 3.63) is 11.9 Å². The van der Waals surface area contributed by atoms with Gasteiger partial charge < -0.3 is 0 Å². The molecular formula is C21H44P2. The minimum atomic E-state index is -0.217. The van der Waals surface area contributed by atoms with E-state index >= 15 is 0 Å². The van der Waals surface area contributed by atoms with Crippen LogP contribution >= 0.6 is 15.8 Å². The van der Waals surface area contributed by atoms with Crippen LogP contribution in [0.5, 0.6) is 0 Å². The summed E-state index contributed by atoms with van der Waals surface area (Å²) in [6, 6.07) is 0. The maximum Gasteiger partial charge on any atom is -0.0138 e. The normalized spacial score (nSPS) is 16.1. The Morgan fingerprint density at radius 2 is 1.00 bits per heavy atom. The van der Waals surface area contributed by atoms with Gasteiger partial charge >= 0.3 is 0 Å². The Kier molecular flexibility index (Phi) is 7.65. The van der Waals surface area contributed by atoms with Crippen molar-refractivity contribution in [1.82, 2.24) is 0 Å². The average Bonchev–Trinajstić information content (AvgIpc) is 2.04. The zero-order valence-electron chi connectivity index (χ0n) is 18.4. The van der Waals surface area contributed by atoms with Gasteiger partial charge in [-0.1, -0.05) is 118 Å². The first-order chi connectivity index (χ1) is 9.79. The SMILES string of the molecule is C=C(CC(C)P(C(C)(C)C)C(C)(C)C)P(C(C)(C)C)C(C)(C)C. The van der Waals surface area contributed by atoms with Gasteiger partial charge in [0.25, 0.3) is 0 Å². The highest BCUT2D eigenvalue weighted by atomic mass is 31.1. The van der Waals surface area contributed by atoms with Gasteiger partial charge in [0.05, 0.1) is 0 Å². The molecule has 138 valence electrons. The Morgan fingerprint density at radius 1 is 0.696 bits per heavy atom. The molecule has 23 heavy (non-hydrogen) atoms. The van der Waals surface area contributed by atoms with Crippen molar-refractivity contribution in [3.63, 3.8) is 0 Å². The van der Waals surface area contributed by atoms with Crippen molar-refractivity contribution in [2.75, 3.05) is 0 Å². The third-order valence-corrected chi connectivity index (χ3v) is 11.5. The maximum absolute atomic E-state index is 4.61. The van der Waals surface area contributed by atoms with Crippen LogP contribution in [-0.2, 0) is 0 Å². The molecule has 0 aromatic rings. The molecule has 0 nitrogen and oxygen atoms in total. The zero-order valence-corrected chi connectivity index (χ0v) is 20.2. The Balaban J connectivity index is 5.49. The fourth-order valence-corrected chi connectivity index (χ4v) is 14.4. The standard InChI is InChI=1S/C21H44P2/c1-16(22(18(3,4)5)19(6,7)8)15-17(2)23(20(9,10)11)21(12,13)14/h17H,1,15H2,2-14H3. The largest absolute Gasteiger partial charge is 0.0953 e. The quantitative estimate of drug-likeness (QED) is 0.442. The average molecular weight is 359 g/mol. The molecule has 2 heteroatoms. The third-order valence-electron chi connectivity index (χ3n) is 4.08. The summed E-state index contributed by atoms with van der Waals surface area (Å²) < 4.78 is 0. The fraction of sp³-hybridized carbons (Fsp3) is 0.905. The molecule has 0 heterocycles. The molecule has 0 aliphatic rings. The Bertz CT molecular complexity index is 366. The third kappa shape index (κ3) is 7.16. The summed E-state index contributed by atoms with van der Waals surface area (Å²) in [4.78, 5) is 0. The van der Waals surface area contributed by atoms with Crippen LogP contribution in [0.25, 0.3) is 0 Å². The molecule has 0 aliphatic heterocycles. The lowest BCUT2D eigenvalue weighted by Crippen LogP contribution is -2.31. The number of rotatable bonds is 4. The van der Waals surface area contributed by atoms with E-state index in [1.54, 1.807) is 0 Å². The van der Waals surface area contributed by atoms with E-state index in [2.05, 4.69) is 96.6 Å². The number of hydrogen-bond acceptors (Lipinski definition) is 0. The lowest BCUT2D eigenvalue weighted by Gasteiger charge is -2.48. The van der Waals surface area contributed by atoms with Crippen LogP contribution in [0, 0.1) is 0 Å². The van der Waals surface area contributed by atoms with Gasteiger partial charge in [0.2, 0.25) is 0 Å². The maximum atomic E-state index is 4.61. The van der Waals surface area contributed by atoms with Crippen LogP contribution in [0.15, 0.2) is 11.9 Å². The van der Waals surface area contributed by atoms with Crippen molar-refractivity contribution in [3.8, 4) is 0 Å². The number of hydrogen-bond donors (Lipinski definition) is 0. The van der Waals surface area contributed by atoms with Crippen LogP contribution in [0.3, 0.4) is 0 Å². The molecule has 0 aromatic carbocycles. The first-order valence-electron chi connectivity index (χ1n) is 9.07. The lowest BCUT2D eigenvalue weighted by atomic mass is 10.2. The summed E-state index contributed by atoms with van der Waals surface area (Å²) in [5.41, 5.74) is 0.729. The highest BCUT2D eigenvalue weighted by molar-refractivity contribution is 7.65. The molecule has 0 saturated heterocycles. The van der Waals surface area contributed by atoms with Crippen molar-refractivity contribution in [2.24, 2.45) is 0 Å². The summed E-state index contributed by atoms with van der Waals surface area (Å²) in [7, 11) is -0.300. The molecule has 0 amide bonds. The second kappa shape index (κ2) is 7.46. The summed E-state index contributed by atoms with van der Waals surface area (Å²) in [6.07, 6.45) is 1.19. The van der Waals surface area contributed by atoms with Gasteiger partial charge in [-0.15, -0.1) is 0 Å². The molecule has 0 rings (SSSR count). The molecular weight excluding hydrogens is 314 g/mol. The Hall–Kier alpha value is 0.600. The second-order valence-electron chi connectivity index (χ2n) is 11.0. The Morgan fingerprint density at radius 3 is 1.22 bits per heavy atom. The van der Waals surface area contributed by atoms with Crippen molar-refractivity contribution in [2.45, 2.75) is 123 Å². The van der Waals surface area contributed by atoms with E-state index in [-0.39, 0.29) is 15.8 Å². The molecule has 0 spiro atoms. The molecule has 0 aliphatic carbocycles. The van der Waals surface area contributed by atoms with E-state index in [0.717, 1.165) is 5.66 Å². The zero-order chi connectivity index (χ0) is 19.0. The van der Waals surface area contributed by atoms with Gasteiger partial charge in [-0.3, -0.25) is 0 Å². The first-order valence-corrected chi connectivity index (χ1v) is 11.8. The minimum Gasteiger partial charge on any atom is -0.0953 e. The van der Waals surface area contributed by atoms with Gasteiger partial charge in [0.15, 0.2) is 0 Å². The highest BCUT2D eigenvalue weighted by Gasteiger charge is 2.41. The molecule has 1 unspecified atom stereocenters. The van der Waals surface area contributed by atoms with E-state index < -0.39 is 0 Å². The van der Waals surface area contributed by atoms with Crippen LogP contribution in [0.1, 0.15) is 96.4 Å². The minimum absolute atomic E-state index is 0.0834. The molecule has 0 fully saturated rings. The van der Waals surface area contributed by atoms with E-state index in [1.165, 1.54) is 11.7 Å². The van der Waals surface area contributed by atoms with Crippen molar-refractivity contribution >= 4 is 15.8 Å². The topological polar surface area (TPSA) is 0 Å². The van der Waals surface area contributed by atoms with E-state index in [0.29, 0.717) is 20.6 Å². The van der Waals surface area contributed by atoms with Crippen LogP contribution < -0.4 is 0 Å². The summed E-state index contributed by atoms with van der Waals surface area (Å²) in [5.74, 6) is 0. The van der Waals surface area contributed by atoms with Gasteiger partial charge in [0, 0.05) is 0 Å². The summed E-state index contributed by atoms with van der Waals surface area (Å²) in [6.45, 7) is 36.1. The smallest absolute Gasteiger partial charge is 0.0138 e. The molecule has 0 aromatic heterocycles. The van der Waals surface area contributed by atoms with Crippen LogP contribution in [0.2, 0.25) is 0 Å². The van der Waals surface area contributed by atoms with Crippen LogP contribution in [0.4, 0.5) is 0 Å². The second-order valence-corrected chi connectivity index (χ2v) is 19.3. The molecule has 0 radical (unpaired) electrons. The van der Waals surface area contributed by atoms with Gasteiger partial charge in [-0.05, 0) is 32.7 Å². The van der Waals surface area contributed by atoms with E-state index in [9.17, 15) is 0 Å². The predicted molar refractivity (Wildman–Crippen MR) is 116 cm³/mol. The highest BCUT2D eigenvalue weighted by Crippen LogP contribution is 2.68. The predicted octanol–water partition coefficient (Wildman–Crippen LogP) is 8.44. The first kappa shape index (κ1) is 23.6. The summed E-state index contributed by atoms with van der Waals surface area (Å²) >= 11 is 0. The van der Waals surface area contributed by atoms with E-state index in [4.69, 9.17) is 0 Å². The fourth-order valence-electron chi connectivity index (χ4n) is 4.81. The Labute approximate surface area is 150 Å². The van der Waals surface area contributed by atoms with Crippen molar-refractivity contribution < 1.29 is 0 Å². The van der Waals surface area contributed by atoms with Crippen molar-refractivity contribution in [1.29, 1.82) is 0 Å². The van der Waals surface area contributed by atoms with E-state index in [1.807, 2.05) is 0 Å². The van der Waals surface area contributed by atoms with Gasteiger partial charge in [0.1, 0.15) is 0 Å². The number of allylic oxidation sites excluding steroid dienone is 1. The molecule has 0 bridgehead atoms. The monoisotopic (exact) mass is 358 g/mol. The molecule has 0 saturated carbocycles.